The molecule has 1 amide bonds. The molecular weight excluding hydrogens is 295 g/mol. The lowest BCUT2D eigenvalue weighted by Crippen LogP contribution is -2.14. The van der Waals surface area contributed by atoms with Crippen molar-refractivity contribution in [2.45, 2.75) is 13.5 Å². The summed E-state index contributed by atoms with van der Waals surface area (Å²) in [5.41, 5.74) is 8.39. The standard InChI is InChI=1S/C15H14Cl2N2O/c1-9-12(15(18)20)3-2-4-14(9)19-8-10-7-11(16)5-6-13(10)17/h2-7,19H,8H2,1H3,(H2,18,20). The van der Waals surface area contributed by atoms with Gasteiger partial charge in [-0.05, 0) is 48.4 Å². The highest BCUT2D eigenvalue weighted by Gasteiger charge is 2.09. The number of primary amides is 1. The predicted molar refractivity (Wildman–Crippen MR) is 83.5 cm³/mol. The molecule has 2 rings (SSSR count). The Balaban J connectivity index is 2.21. The molecule has 20 heavy (non-hydrogen) atoms. The number of carbonyl (C=O) groups excluding carboxylic acids is 1. The van der Waals surface area contributed by atoms with Gasteiger partial charge in [-0.15, -0.1) is 0 Å². The highest BCUT2D eigenvalue weighted by atomic mass is 35.5. The average molecular weight is 309 g/mol. The minimum atomic E-state index is -0.438. The first-order valence-electron chi connectivity index (χ1n) is 6.06. The summed E-state index contributed by atoms with van der Waals surface area (Å²) in [6, 6.07) is 10.7. The van der Waals surface area contributed by atoms with Gasteiger partial charge >= 0.3 is 0 Å². The molecule has 5 heteroatoms. The Kier molecular flexibility index (Phi) is 4.53. The van der Waals surface area contributed by atoms with E-state index in [2.05, 4.69) is 5.32 Å². The quantitative estimate of drug-likeness (QED) is 0.896. The van der Waals surface area contributed by atoms with Gasteiger partial charge < -0.3 is 11.1 Å². The van der Waals surface area contributed by atoms with Crippen LogP contribution < -0.4 is 11.1 Å². The van der Waals surface area contributed by atoms with Crippen LogP contribution in [0.3, 0.4) is 0 Å². The van der Waals surface area contributed by atoms with Crippen LogP contribution in [0.4, 0.5) is 5.69 Å². The first-order valence-corrected chi connectivity index (χ1v) is 6.82. The monoisotopic (exact) mass is 308 g/mol. The summed E-state index contributed by atoms with van der Waals surface area (Å²) in [7, 11) is 0. The van der Waals surface area contributed by atoms with Gasteiger partial charge in [-0.1, -0.05) is 29.3 Å². The van der Waals surface area contributed by atoms with Crippen molar-refractivity contribution in [3.8, 4) is 0 Å². The van der Waals surface area contributed by atoms with Gasteiger partial charge in [0.1, 0.15) is 0 Å². The molecule has 104 valence electrons. The summed E-state index contributed by atoms with van der Waals surface area (Å²) < 4.78 is 0. The van der Waals surface area contributed by atoms with Crippen LogP contribution in [-0.4, -0.2) is 5.91 Å². The lowest BCUT2D eigenvalue weighted by Gasteiger charge is -2.13. The van der Waals surface area contributed by atoms with E-state index in [1.165, 1.54) is 0 Å². The van der Waals surface area contributed by atoms with E-state index < -0.39 is 5.91 Å². The Morgan fingerprint density at radius 3 is 2.70 bits per heavy atom. The van der Waals surface area contributed by atoms with Crippen molar-refractivity contribution < 1.29 is 4.79 Å². The zero-order valence-corrected chi connectivity index (χ0v) is 12.4. The summed E-state index contributed by atoms with van der Waals surface area (Å²) in [4.78, 5) is 11.3. The molecule has 0 fully saturated rings. The Bertz CT molecular complexity index is 656. The molecule has 2 aromatic carbocycles. The molecule has 0 saturated heterocycles. The van der Waals surface area contributed by atoms with Crippen molar-refractivity contribution in [1.82, 2.24) is 0 Å². The summed E-state index contributed by atoms with van der Waals surface area (Å²) in [5, 5.41) is 4.52. The Morgan fingerprint density at radius 2 is 2.00 bits per heavy atom. The van der Waals surface area contributed by atoms with Crippen molar-refractivity contribution in [1.29, 1.82) is 0 Å². The van der Waals surface area contributed by atoms with E-state index in [-0.39, 0.29) is 0 Å². The zero-order valence-electron chi connectivity index (χ0n) is 10.9. The molecule has 3 N–H and O–H groups in total. The Hall–Kier alpha value is -1.71. The largest absolute Gasteiger partial charge is 0.381 e. The van der Waals surface area contributed by atoms with E-state index >= 15 is 0 Å². The predicted octanol–water partition coefficient (Wildman–Crippen LogP) is 4.01. The van der Waals surface area contributed by atoms with E-state index in [4.69, 9.17) is 28.9 Å². The fraction of sp³-hybridized carbons (Fsp3) is 0.133. The molecule has 0 aliphatic carbocycles. The van der Waals surface area contributed by atoms with E-state index in [1.807, 2.05) is 19.1 Å². The fourth-order valence-electron chi connectivity index (χ4n) is 1.96. The number of nitrogens with one attached hydrogen (secondary N) is 1. The number of rotatable bonds is 4. The number of hydrogen-bond donors (Lipinski definition) is 2. The molecular formula is C15H14Cl2N2O. The highest BCUT2D eigenvalue weighted by Crippen LogP contribution is 2.23. The van der Waals surface area contributed by atoms with Crippen molar-refractivity contribution >= 4 is 34.8 Å². The lowest BCUT2D eigenvalue weighted by molar-refractivity contribution is 0.1000. The summed E-state index contributed by atoms with van der Waals surface area (Å²) in [6.07, 6.45) is 0. The molecule has 0 unspecified atom stereocenters. The van der Waals surface area contributed by atoms with Gasteiger partial charge in [-0.25, -0.2) is 0 Å². The molecule has 0 saturated carbocycles. The van der Waals surface area contributed by atoms with Crippen LogP contribution in [-0.2, 0) is 6.54 Å². The molecule has 0 spiro atoms. The number of nitrogens with two attached hydrogens (primary N) is 1. The maximum absolute atomic E-state index is 11.3. The van der Waals surface area contributed by atoms with Crippen LogP contribution in [0.1, 0.15) is 21.5 Å². The number of anilines is 1. The van der Waals surface area contributed by atoms with Crippen LogP contribution >= 0.6 is 23.2 Å². The molecule has 0 aliphatic heterocycles. The van der Waals surface area contributed by atoms with Crippen LogP contribution in [0.2, 0.25) is 10.0 Å². The Labute approximate surface area is 127 Å². The molecule has 0 aliphatic rings. The summed E-state index contributed by atoms with van der Waals surface area (Å²) in [6.45, 7) is 2.37. The smallest absolute Gasteiger partial charge is 0.249 e. The SMILES string of the molecule is Cc1c(NCc2cc(Cl)ccc2Cl)cccc1C(N)=O. The Morgan fingerprint density at radius 1 is 1.25 bits per heavy atom. The molecule has 0 radical (unpaired) electrons. The third-order valence-electron chi connectivity index (χ3n) is 3.08. The summed E-state index contributed by atoms with van der Waals surface area (Å²) >= 11 is 12.1. The molecule has 0 heterocycles. The number of halogens is 2. The lowest BCUT2D eigenvalue weighted by atomic mass is 10.1. The van der Waals surface area contributed by atoms with Crippen LogP contribution in [0.25, 0.3) is 0 Å². The zero-order chi connectivity index (χ0) is 14.7. The van der Waals surface area contributed by atoms with Crippen molar-refractivity contribution in [3.05, 3.63) is 63.1 Å². The van der Waals surface area contributed by atoms with Gasteiger partial charge in [0.2, 0.25) is 5.91 Å². The number of amides is 1. The number of carbonyl (C=O) groups is 1. The molecule has 0 atom stereocenters. The van der Waals surface area contributed by atoms with Crippen molar-refractivity contribution in [2.24, 2.45) is 5.73 Å². The van der Waals surface area contributed by atoms with Crippen LogP contribution in [0.5, 0.6) is 0 Å². The maximum atomic E-state index is 11.3. The van der Waals surface area contributed by atoms with E-state index in [0.29, 0.717) is 22.2 Å². The first kappa shape index (κ1) is 14.7. The van der Waals surface area contributed by atoms with Gasteiger partial charge in [0.25, 0.3) is 0 Å². The third kappa shape index (κ3) is 3.24. The van der Waals surface area contributed by atoms with Gasteiger partial charge in [0.15, 0.2) is 0 Å². The second-order valence-corrected chi connectivity index (χ2v) is 5.28. The first-order chi connectivity index (χ1) is 9.49. The second kappa shape index (κ2) is 6.16. The second-order valence-electron chi connectivity index (χ2n) is 4.43. The minimum absolute atomic E-state index is 0.438. The average Bonchev–Trinajstić information content (AvgIpc) is 2.41. The molecule has 2 aromatic rings. The third-order valence-corrected chi connectivity index (χ3v) is 3.68. The van der Waals surface area contributed by atoms with Crippen LogP contribution in [0.15, 0.2) is 36.4 Å². The van der Waals surface area contributed by atoms with E-state index in [1.54, 1.807) is 24.3 Å². The van der Waals surface area contributed by atoms with Gasteiger partial charge in [-0.2, -0.15) is 0 Å². The van der Waals surface area contributed by atoms with Crippen molar-refractivity contribution in [3.63, 3.8) is 0 Å². The van der Waals surface area contributed by atoms with E-state index in [0.717, 1.165) is 16.8 Å². The molecule has 3 nitrogen and oxygen atoms in total. The number of benzene rings is 2. The van der Waals surface area contributed by atoms with Gasteiger partial charge in [-0.3, -0.25) is 4.79 Å². The van der Waals surface area contributed by atoms with E-state index in [9.17, 15) is 4.79 Å². The minimum Gasteiger partial charge on any atom is -0.381 e. The molecule has 0 bridgehead atoms. The highest BCUT2D eigenvalue weighted by molar-refractivity contribution is 6.33. The van der Waals surface area contributed by atoms with Gasteiger partial charge in [0, 0.05) is 27.8 Å². The maximum Gasteiger partial charge on any atom is 0.249 e. The van der Waals surface area contributed by atoms with Crippen LogP contribution in [0, 0.1) is 6.92 Å². The van der Waals surface area contributed by atoms with Crippen molar-refractivity contribution in [2.75, 3.05) is 5.32 Å². The normalized spacial score (nSPS) is 10.3. The van der Waals surface area contributed by atoms with Gasteiger partial charge in [0.05, 0.1) is 0 Å². The summed E-state index contributed by atoms with van der Waals surface area (Å²) in [5.74, 6) is -0.438. The fourth-order valence-corrected chi connectivity index (χ4v) is 2.34. The number of hydrogen-bond acceptors (Lipinski definition) is 2. The molecule has 0 aromatic heterocycles. The topological polar surface area (TPSA) is 55.1 Å².